The zero-order valence-electron chi connectivity index (χ0n) is 11.2. The zero-order chi connectivity index (χ0) is 15.1. The number of halogens is 1. The van der Waals surface area contributed by atoms with Crippen molar-refractivity contribution < 1.29 is 11.8 Å². The fourth-order valence-corrected chi connectivity index (χ4v) is 3.50. The molecule has 0 aliphatic carbocycles. The molecule has 108 valence electrons. The van der Waals surface area contributed by atoms with Crippen LogP contribution in [0.25, 0.3) is 6.08 Å². The first-order valence-corrected chi connectivity index (χ1v) is 12.6. The van der Waals surface area contributed by atoms with Crippen LogP contribution in [0.4, 0.5) is 0 Å². The van der Waals surface area contributed by atoms with Gasteiger partial charge in [0.25, 0.3) is 0 Å². The van der Waals surface area contributed by atoms with E-state index in [1.54, 1.807) is 0 Å². The summed E-state index contributed by atoms with van der Waals surface area (Å²) in [6.45, 7) is 4.26. The first kappa shape index (κ1) is 16.3. The van der Waals surface area contributed by atoms with E-state index in [2.05, 4.69) is 6.58 Å². The van der Waals surface area contributed by atoms with E-state index in [0.717, 1.165) is 5.56 Å². The van der Waals surface area contributed by atoms with Crippen molar-refractivity contribution in [3.8, 4) is 5.75 Å². The number of benzene rings is 1. The van der Waals surface area contributed by atoms with Gasteiger partial charge in [-0.1, -0.05) is 0 Å². The Balaban J connectivity index is 2.05. The molecule has 0 fully saturated rings. The van der Waals surface area contributed by atoms with E-state index in [4.69, 9.17) is 20.2 Å². The van der Waals surface area contributed by atoms with Crippen molar-refractivity contribution in [2.75, 3.05) is 0 Å². The summed E-state index contributed by atoms with van der Waals surface area (Å²) in [5, 5.41) is 0. The summed E-state index contributed by atoms with van der Waals surface area (Å²) in [7, 11) is 5.66. The van der Waals surface area contributed by atoms with Crippen molar-refractivity contribution in [1.82, 2.24) is 0 Å². The van der Waals surface area contributed by atoms with Gasteiger partial charge in [-0.2, -0.15) is 0 Å². The molecule has 21 heavy (non-hydrogen) atoms. The van der Waals surface area contributed by atoms with Crippen LogP contribution in [0.5, 0.6) is 5.75 Å². The maximum absolute atomic E-state index is 11.9. The second-order valence-electron chi connectivity index (χ2n) is 4.13. The van der Waals surface area contributed by atoms with Crippen LogP contribution in [0.2, 0.25) is 0 Å². The van der Waals surface area contributed by atoms with Gasteiger partial charge in [-0.25, -0.2) is 0 Å². The minimum atomic E-state index is -1.72. The molecule has 2 rings (SSSR count). The van der Waals surface area contributed by atoms with E-state index in [1.165, 1.54) is 12.1 Å². The van der Waals surface area contributed by atoms with Crippen molar-refractivity contribution in [1.29, 1.82) is 0 Å². The molecule has 2 radical (unpaired) electrons. The van der Waals surface area contributed by atoms with Crippen LogP contribution in [-0.2, 0) is 18.0 Å². The van der Waals surface area contributed by atoms with Crippen LogP contribution in [0.3, 0.4) is 0 Å². The Labute approximate surface area is 138 Å². The Morgan fingerprint density at radius 2 is 2.05 bits per heavy atom. The van der Waals surface area contributed by atoms with E-state index in [1.807, 2.05) is 30.3 Å². The average molecular weight is 500 g/mol. The predicted octanol–water partition coefficient (Wildman–Crippen LogP) is 3.15. The van der Waals surface area contributed by atoms with Crippen molar-refractivity contribution in [3.05, 3.63) is 70.3 Å². The average Bonchev–Trinajstić information content (AvgIpc) is 2.51. The molecule has 0 N–H and O–H groups in total. The van der Waals surface area contributed by atoms with Crippen LogP contribution < -0.4 is 8.12 Å². The summed E-state index contributed by atoms with van der Waals surface area (Å²) < 4.78 is 16.3. The Bertz CT molecular complexity index is 654. The van der Waals surface area contributed by atoms with Gasteiger partial charge in [-0.15, -0.1) is 0 Å². The van der Waals surface area contributed by atoms with Gasteiger partial charge in [-0.3, -0.25) is 0 Å². The third kappa shape index (κ3) is 4.69. The van der Waals surface area contributed by atoms with Gasteiger partial charge < -0.3 is 0 Å². The summed E-state index contributed by atoms with van der Waals surface area (Å²) in [6, 6.07) is 11.1. The van der Waals surface area contributed by atoms with E-state index in [-0.39, 0.29) is 17.8 Å². The molecule has 0 atom stereocenters. The quantitative estimate of drug-likeness (QED) is 0.549. The number of rotatable bonds is 7. The third-order valence-corrected chi connectivity index (χ3v) is 4.43. The third-order valence-electron chi connectivity index (χ3n) is 2.66. The van der Waals surface area contributed by atoms with Crippen molar-refractivity contribution in [2.45, 2.75) is 13.2 Å². The maximum atomic E-state index is 11.9. The summed E-state index contributed by atoms with van der Waals surface area (Å²) in [4.78, 5) is 11.9. The molecule has 0 aliphatic rings. The predicted molar refractivity (Wildman–Crippen MR) is 82.2 cm³/mol. The summed E-state index contributed by atoms with van der Waals surface area (Å²) in [5.74, 6) is 0.880. The van der Waals surface area contributed by atoms with Gasteiger partial charge in [-0.05, 0) is 0 Å². The van der Waals surface area contributed by atoms with Gasteiger partial charge >= 0.3 is 139 Å². The molecule has 0 bridgehead atoms. The molecule has 1 aromatic carbocycles. The molecule has 2 aromatic rings. The fourth-order valence-electron chi connectivity index (χ4n) is 1.74. The SMILES string of the molecule is C=Cc1oc(COCc2ccccc2)cc(=O)c1[O][Pb][Cl]. The van der Waals surface area contributed by atoms with Gasteiger partial charge in [0.15, 0.2) is 0 Å². The molecule has 6 heteroatoms. The summed E-state index contributed by atoms with van der Waals surface area (Å²) in [5.41, 5.74) is 0.793. The molecular formula is C15H13ClO4Pb. The van der Waals surface area contributed by atoms with Crippen LogP contribution in [0.1, 0.15) is 17.1 Å². The van der Waals surface area contributed by atoms with Gasteiger partial charge in [0.05, 0.1) is 0 Å². The zero-order valence-corrected chi connectivity index (χ0v) is 15.8. The van der Waals surface area contributed by atoms with Gasteiger partial charge in [0.1, 0.15) is 0 Å². The summed E-state index contributed by atoms with van der Waals surface area (Å²) >= 11 is -1.72. The molecule has 1 heterocycles. The monoisotopic (exact) mass is 500 g/mol. The van der Waals surface area contributed by atoms with Crippen molar-refractivity contribution in [3.63, 3.8) is 0 Å². The van der Waals surface area contributed by atoms with E-state index >= 15 is 0 Å². The summed E-state index contributed by atoms with van der Waals surface area (Å²) in [6.07, 6.45) is 1.44. The molecule has 0 spiro atoms. The Hall–Kier alpha value is -1.12. The molecule has 0 unspecified atom stereocenters. The van der Waals surface area contributed by atoms with Crippen LogP contribution >= 0.6 is 8.32 Å². The molecule has 0 amide bonds. The number of hydrogen-bond donors (Lipinski definition) is 0. The fraction of sp³-hybridized carbons (Fsp3) is 0.133. The van der Waals surface area contributed by atoms with Crippen molar-refractivity contribution >= 4 is 37.9 Å². The topological polar surface area (TPSA) is 48.7 Å². The van der Waals surface area contributed by atoms with Gasteiger partial charge in [0.2, 0.25) is 0 Å². The van der Waals surface area contributed by atoms with Crippen molar-refractivity contribution in [2.24, 2.45) is 0 Å². The molecule has 0 saturated heterocycles. The number of hydrogen-bond acceptors (Lipinski definition) is 4. The van der Waals surface area contributed by atoms with E-state index in [9.17, 15) is 4.79 Å². The molecular weight excluding hydrogens is 487 g/mol. The van der Waals surface area contributed by atoms with E-state index < -0.39 is 23.5 Å². The standard InChI is InChI=1S/C15H14O4.ClH.Pb/c1-2-14-15(17)13(16)8-12(19-14)10-18-9-11-6-4-3-5-7-11;;/h2-8,17H,1,9-10H2;1H;/q;;+2/p-2. The molecule has 1 aromatic heterocycles. The van der Waals surface area contributed by atoms with Gasteiger partial charge in [0, 0.05) is 0 Å². The molecule has 0 saturated carbocycles. The second-order valence-corrected chi connectivity index (χ2v) is 6.88. The van der Waals surface area contributed by atoms with Crippen LogP contribution in [0.15, 0.2) is 52.2 Å². The Morgan fingerprint density at radius 3 is 2.71 bits per heavy atom. The normalized spacial score (nSPS) is 10.3. The first-order valence-electron chi connectivity index (χ1n) is 6.18. The van der Waals surface area contributed by atoms with E-state index in [0.29, 0.717) is 18.1 Å². The molecule has 0 aliphatic heterocycles. The second kappa shape index (κ2) is 8.36. The minimum absolute atomic E-state index is 0.148. The first-order chi connectivity index (χ1) is 10.2. The Morgan fingerprint density at radius 1 is 1.29 bits per heavy atom. The van der Waals surface area contributed by atoms with Crippen LogP contribution in [-0.4, -0.2) is 23.5 Å². The van der Waals surface area contributed by atoms with Crippen LogP contribution in [0, 0.1) is 0 Å². The molecule has 4 nitrogen and oxygen atoms in total. The number of ether oxygens (including phenoxy) is 1. The Kier molecular flexibility index (Phi) is 6.47.